The Bertz CT molecular complexity index is 1760. The lowest BCUT2D eigenvalue weighted by molar-refractivity contribution is -0.359. The molecule has 9 N–H and O–H groups in total. The minimum Gasteiger partial charge on any atom is -0.394 e. The summed E-state index contributed by atoms with van der Waals surface area (Å²) in [6.07, 6.45) is 57.3. The van der Waals surface area contributed by atoms with Gasteiger partial charge in [-0.2, -0.15) is 0 Å². The lowest BCUT2D eigenvalue weighted by atomic mass is 9.97. The molecule has 0 aromatic carbocycles. The third kappa shape index (κ3) is 37.9. The molecule has 83 heavy (non-hydrogen) atoms. The average molecular weight is 1170 g/mol. The number of carbonyl (C=O) groups is 1. The van der Waals surface area contributed by atoms with Crippen molar-refractivity contribution < 1.29 is 64.6 Å². The molecule has 2 fully saturated rings. The molecule has 0 bridgehead atoms. The Morgan fingerprint density at radius 1 is 0.446 bits per heavy atom. The van der Waals surface area contributed by atoms with Crippen molar-refractivity contribution in [1.29, 1.82) is 0 Å². The molecule has 2 heterocycles. The van der Waals surface area contributed by atoms with Crippen LogP contribution in [0.2, 0.25) is 0 Å². The monoisotopic (exact) mass is 1170 g/mol. The maximum absolute atomic E-state index is 13.3. The number of amides is 1. The van der Waals surface area contributed by atoms with E-state index in [-0.39, 0.29) is 18.9 Å². The molecule has 2 saturated heterocycles. The molecule has 0 aliphatic carbocycles. The summed E-state index contributed by atoms with van der Waals surface area (Å²) in [5.74, 6) is -0.273. The Kier molecular flexibility index (Phi) is 48.7. The van der Waals surface area contributed by atoms with Gasteiger partial charge in [-0.05, 0) is 77.0 Å². The Morgan fingerprint density at radius 3 is 1.28 bits per heavy atom. The first-order valence-electron chi connectivity index (χ1n) is 33.0. The molecule has 2 rings (SSSR count). The van der Waals surface area contributed by atoms with Gasteiger partial charge < -0.3 is 65.1 Å². The highest BCUT2D eigenvalue weighted by atomic mass is 16.7. The van der Waals surface area contributed by atoms with Gasteiger partial charge in [0.1, 0.15) is 48.8 Å². The highest BCUT2D eigenvalue weighted by Crippen LogP contribution is 2.30. The molecule has 12 atom stereocenters. The van der Waals surface area contributed by atoms with Gasteiger partial charge in [0.25, 0.3) is 0 Å². The van der Waals surface area contributed by atoms with Gasteiger partial charge in [-0.3, -0.25) is 4.79 Å². The molecule has 0 spiro atoms. The fourth-order valence-electron chi connectivity index (χ4n) is 10.3. The van der Waals surface area contributed by atoms with Crippen LogP contribution in [0.3, 0.4) is 0 Å². The topological polar surface area (TPSA) is 228 Å². The number of hydrogen-bond donors (Lipinski definition) is 9. The van der Waals surface area contributed by atoms with Crippen molar-refractivity contribution in [3.63, 3.8) is 0 Å². The third-order valence-electron chi connectivity index (χ3n) is 15.5. The van der Waals surface area contributed by atoms with Crippen LogP contribution in [-0.2, 0) is 23.7 Å². The first-order chi connectivity index (χ1) is 40.6. The van der Waals surface area contributed by atoms with Crippen LogP contribution >= 0.6 is 0 Å². The van der Waals surface area contributed by atoms with Gasteiger partial charge in [0, 0.05) is 6.42 Å². The average Bonchev–Trinajstić information content (AvgIpc) is 3.65. The molecular weight excluding hydrogens is 1050 g/mol. The fourth-order valence-corrected chi connectivity index (χ4v) is 10.3. The van der Waals surface area contributed by atoms with Crippen molar-refractivity contribution in [1.82, 2.24) is 5.32 Å². The molecule has 1 amide bonds. The molecule has 2 aliphatic heterocycles. The number of carbonyl (C=O) groups excluding carboxylic acids is 1. The van der Waals surface area contributed by atoms with Gasteiger partial charge in [-0.15, -0.1) is 0 Å². The van der Waals surface area contributed by atoms with E-state index in [0.717, 1.165) is 83.5 Å². The Hall–Kier alpha value is -3.09. The summed E-state index contributed by atoms with van der Waals surface area (Å²) in [5, 5.41) is 87.3. The quantitative estimate of drug-likeness (QED) is 0.0204. The van der Waals surface area contributed by atoms with Crippen LogP contribution < -0.4 is 5.32 Å². The number of aliphatic hydroxyl groups excluding tert-OH is 8. The van der Waals surface area contributed by atoms with Gasteiger partial charge >= 0.3 is 0 Å². The second kappa shape index (κ2) is 53.2. The number of hydrogen-bond acceptors (Lipinski definition) is 13. The molecule has 0 aromatic heterocycles. The zero-order chi connectivity index (χ0) is 60.2. The second-order valence-electron chi connectivity index (χ2n) is 22.9. The van der Waals surface area contributed by atoms with Crippen LogP contribution in [0.15, 0.2) is 97.2 Å². The molecule has 0 aromatic rings. The molecule has 14 heteroatoms. The van der Waals surface area contributed by atoms with Crippen LogP contribution in [0.25, 0.3) is 0 Å². The Balaban J connectivity index is 1.75. The molecule has 478 valence electrons. The Labute approximate surface area is 503 Å². The molecule has 12 unspecified atom stereocenters. The minimum atomic E-state index is -1.80. The highest BCUT2D eigenvalue weighted by molar-refractivity contribution is 5.76. The van der Waals surface area contributed by atoms with Crippen molar-refractivity contribution in [2.24, 2.45) is 0 Å². The van der Waals surface area contributed by atoms with Gasteiger partial charge in [-0.25, -0.2) is 0 Å². The van der Waals surface area contributed by atoms with Crippen molar-refractivity contribution in [3.05, 3.63) is 97.2 Å². The van der Waals surface area contributed by atoms with E-state index in [1.807, 2.05) is 6.08 Å². The van der Waals surface area contributed by atoms with E-state index in [2.05, 4.69) is 104 Å². The standard InChI is InChI=1S/C69H119NO13/c1-3-5-7-9-11-13-15-17-19-21-23-25-27-29-31-33-35-37-39-41-43-45-47-49-51-53-61(74)70-57(56-80-68-66(79)64(77)67(60(55-72)82-68)83-69-65(78)63(76)62(75)59(54-71)81-69)58(73)52-50-48-46-44-42-40-38-36-34-32-30-28-26-24-22-20-18-16-14-12-10-8-6-4-2/h5,7,11,13,17,19,23,25,29,31,35,37,41,43,50,52,57-60,62-69,71-73,75-79H,3-4,6,8-10,12,14-16,18,20-22,24,26-28,30,32-34,36,38-40,42,44-49,51,53-56H2,1-2H3,(H,70,74)/b7-5-,13-11-,19-17-,25-23-,31-29-,37-35-,43-41-,52-50+. The maximum Gasteiger partial charge on any atom is 0.220 e. The first kappa shape index (κ1) is 76.0. The zero-order valence-electron chi connectivity index (χ0n) is 51.7. The van der Waals surface area contributed by atoms with E-state index in [1.54, 1.807) is 6.08 Å². The SMILES string of the molecule is CC/C=C\C/C=C\C/C=C\C/C=C\C/C=C\C/C=C\C/C=C\CCCCCC(=O)NC(COC1OC(CO)C(OC2OC(CO)C(O)C(O)C2O)C(O)C1O)C(O)/C=C/CCCCCCCCCCCCCCCCCCCCCCCC. The van der Waals surface area contributed by atoms with E-state index in [4.69, 9.17) is 18.9 Å². The van der Waals surface area contributed by atoms with E-state index in [1.165, 1.54) is 128 Å². The van der Waals surface area contributed by atoms with Crippen LogP contribution in [-0.4, -0.2) is 140 Å². The summed E-state index contributed by atoms with van der Waals surface area (Å²) < 4.78 is 22.8. The highest BCUT2D eigenvalue weighted by Gasteiger charge is 2.51. The van der Waals surface area contributed by atoms with Gasteiger partial charge in [-0.1, -0.05) is 252 Å². The number of rotatable bonds is 52. The summed E-state index contributed by atoms with van der Waals surface area (Å²) in [6, 6.07) is -0.941. The fraction of sp³-hybridized carbons (Fsp3) is 0.754. The van der Waals surface area contributed by atoms with E-state index in [0.29, 0.717) is 6.42 Å². The van der Waals surface area contributed by atoms with Crippen LogP contribution in [0.1, 0.15) is 239 Å². The number of nitrogens with one attached hydrogen (secondary N) is 1. The van der Waals surface area contributed by atoms with Crippen molar-refractivity contribution in [2.45, 2.75) is 312 Å². The van der Waals surface area contributed by atoms with E-state index < -0.39 is 86.8 Å². The number of ether oxygens (including phenoxy) is 4. The Morgan fingerprint density at radius 2 is 0.831 bits per heavy atom. The summed E-state index contributed by atoms with van der Waals surface area (Å²) >= 11 is 0. The van der Waals surface area contributed by atoms with Crippen LogP contribution in [0.4, 0.5) is 0 Å². The van der Waals surface area contributed by atoms with E-state index in [9.17, 15) is 45.6 Å². The molecule has 0 saturated carbocycles. The van der Waals surface area contributed by atoms with Crippen LogP contribution in [0, 0.1) is 0 Å². The predicted octanol–water partition coefficient (Wildman–Crippen LogP) is 12.6. The summed E-state index contributed by atoms with van der Waals surface area (Å²) in [5.41, 5.74) is 0. The molecule has 14 nitrogen and oxygen atoms in total. The maximum atomic E-state index is 13.3. The zero-order valence-corrected chi connectivity index (χ0v) is 51.7. The minimum absolute atomic E-state index is 0.236. The lowest BCUT2D eigenvalue weighted by Gasteiger charge is -2.46. The summed E-state index contributed by atoms with van der Waals surface area (Å²) in [4.78, 5) is 13.3. The number of allylic oxidation sites excluding steroid dienone is 15. The third-order valence-corrected chi connectivity index (χ3v) is 15.5. The van der Waals surface area contributed by atoms with Gasteiger partial charge in [0.15, 0.2) is 12.6 Å². The van der Waals surface area contributed by atoms with Crippen molar-refractivity contribution in [3.8, 4) is 0 Å². The second-order valence-corrected chi connectivity index (χ2v) is 22.9. The number of unbranched alkanes of at least 4 members (excludes halogenated alkanes) is 25. The summed E-state index contributed by atoms with van der Waals surface area (Å²) in [6.45, 7) is 2.67. The molecule has 0 radical (unpaired) electrons. The van der Waals surface area contributed by atoms with E-state index >= 15 is 0 Å². The lowest BCUT2D eigenvalue weighted by Crippen LogP contribution is -2.65. The normalized spacial score (nSPS) is 24.5. The summed E-state index contributed by atoms with van der Waals surface area (Å²) in [7, 11) is 0. The van der Waals surface area contributed by atoms with Crippen molar-refractivity contribution >= 4 is 5.91 Å². The van der Waals surface area contributed by atoms with Gasteiger partial charge in [0.05, 0.1) is 32.0 Å². The largest absolute Gasteiger partial charge is 0.394 e. The van der Waals surface area contributed by atoms with Gasteiger partial charge in [0.2, 0.25) is 5.91 Å². The smallest absolute Gasteiger partial charge is 0.220 e. The van der Waals surface area contributed by atoms with Crippen LogP contribution in [0.5, 0.6) is 0 Å². The predicted molar refractivity (Wildman–Crippen MR) is 336 cm³/mol. The molecular formula is C69H119NO13. The molecule has 2 aliphatic rings. The van der Waals surface area contributed by atoms with Crippen molar-refractivity contribution in [2.75, 3.05) is 19.8 Å². The first-order valence-corrected chi connectivity index (χ1v) is 33.0. The number of aliphatic hydroxyl groups is 8.